The van der Waals surface area contributed by atoms with E-state index in [-0.39, 0.29) is 17.5 Å². The van der Waals surface area contributed by atoms with E-state index in [2.05, 4.69) is 21.2 Å². The van der Waals surface area contributed by atoms with Crippen molar-refractivity contribution < 1.29 is 14.3 Å². The third-order valence-electron chi connectivity index (χ3n) is 4.67. The quantitative estimate of drug-likeness (QED) is 0.847. The van der Waals surface area contributed by atoms with Gasteiger partial charge < -0.3 is 10.1 Å². The first kappa shape index (κ1) is 17.0. The van der Waals surface area contributed by atoms with Crippen molar-refractivity contribution in [2.45, 2.75) is 39.0 Å². The van der Waals surface area contributed by atoms with E-state index in [0.717, 1.165) is 39.8 Å². The van der Waals surface area contributed by atoms with Crippen molar-refractivity contribution in [3.8, 4) is 5.75 Å². The van der Waals surface area contributed by atoms with Crippen molar-refractivity contribution in [1.82, 2.24) is 5.32 Å². The molecule has 2 aliphatic rings. The molecular weight excluding hydrogens is 370 g/mol. The monoisotopic (exact) mass is 389 g/mol. The predicted molar refractivity (Wildman–Crippen MR) is 95.8 cm³/mol. The van der Waals surface area contributed by atoms with E-state index >= 15 is 0 Å². The molecule has 1 aliphatic heterocycles. The van der Waals surface area contributed by atoms with Gasteiger partial charge in [0.2, 0.25) is 0 Å². The van der Waals surface area contributed by atoms with Gasteiger partial charge in [-0.3, -0.25) is 9.59 Å². The van der Waals surface area contributed by atoms with Gasteiger partial charge in [-0.1, -0.05) is 15.9 Å². The summed E-state index contributed by atoms with van der Waals surface area (Å²) in [6.07, 6.45) is 2.21. The van der Waals surface area contributed by atoms with E-state index < -0.39 is 0 Å². The lowest BCUT2D eigenvalue weighted by molar-refractivity contribution is -0.116. The van der Waals surface area contributed by atoms with Crippen molar-refractivity contribution in [1.29, 1.82) is 0 Å². The van der Waals surface area contributed by atoms with Crippen LogP contribution in [-0.4, -0.2) is 18.7 Å². The summed E-state index contributed by atoms with van der Waals surface area (Å²) in [4.78, 5) is 25.0. The first-order valence-corrected chi connectivity index (χ1v) is 8.81. The van der Waals surface area contributed by atoms with Gasteiger partial charge in [0, 0.05) is 39.4 Å². The molecule has 126 valence electrons. The minimum atomic E-state index is -0.351. The molecule has 1 atom stereocenters. The summed E-state index contributed by atoms with van der Waals surface area (Å²) in [6.45, 7) is 3.46. The van der Waals surface area contributed by atoms with Crippen LogP contribution in [0.25, 0.3) is 0 Å². The number of methoxy groups -OCH3 is 1. The number of allylic oxidation sites excluding steroid dienone is 4. The van der Waals surface area contributed by atoms with Gasteiger partial charge in [0.1, 0.15) is 5.75 Å². The number of hydrogen-bond acceptors (Lipinski definition) is 4. The normalized spacial score (nSPS) is 20.7. The molecule has 5 heteroatoms. The highest BCUT2D eigenvalue weighted by Gasteiger charge is 2.38. The number of carbonyl (C=O) groups excluding carboxylic acids is 2. The van der Waals surface area contributed by atoms with Crippen molar-refractivity contribution in [3.63, 3.8) is 0 Å². The fourth-order valence-electron chi connectivity index (χ4n) is 3.63. The third kappa shape index (κ3) is 2.81. The molecule has 24 heavy (non-hydrogen) atoms. The number of carbonyl (C=O) groups is 2. The predicted octanol–water partition coefficient (Wildman–Crippen LogP) is 4.01. The van der Waals surface area contributed by atoms with Gasteiger partial charge in [0.25, 0.3) is 0 Å². The summed E-state index contributed by atoms with van der Waals surface area (Å²) < 4.78 is 6.22. The molecule has 0 spiro atoms. The Hall–Kier alpha value is -1.88. The van der Waals surface area contributed by atoms with Crippen LogP contribution < -0.4 is 10.1 Å². The average molecular weight is 390 g/mol. The molecule has 0 radical (unpaired) electrons. The maximum Gasteiger partial charge on any atom is 0.161 e. The van der Waals surface area contributed by atoms with Gasteiger partial charge in [-0.05, 0) is 50.5 Å². The molecule has 1 heterocycles. The fourth-order valence-corrected chi connectivity index (χ4v) is 4.11. The molecule has 1 aromatic carbocycles. The number of Topliss-reactive ketones (excluding diaryl/α,β-unsaturated/α-hetero) is 2. The third-order valence-corrected chi connectivity index (χ3v) is 5.39. The van der Waals surface area contributed by atoms with Crippen LogP contribution in [0, 0.1) is 0 Å². The van der Waals surface area contributed by atoms with Gasteiger partial charge >= 0.3 is 0 Å². The fraction of sp³-hybridized carbons (Fsp3) is 0.368. The lowest BCUT2D eigenvalue weighted by Gasteiger charge is -2.34. The Morgan fingerprint density at radius 1 is 1.33 bits per heavy atom. The molecule has 0 saturated heterocycles. The molecule has 1 aromatic rings. The molecule has 0 bridgehead atoms. The Labute approximate surface area is 150 Å². The highest BCUT2D eigenvalue weighted by atomic mass is 79.9. The summed E-state index contributed by atoms with van der Waals surface area (Å²) in [5, 5.41) is 3.30. The van der Waals surface area contributed by atoms with Gasteiger partial charge in [0.05, 0.1) is 7.11 Å². The van der Waals surface area contributed by atoms with Crippen molar-refractivity contribution >= 4 is 27.5 Å². The maximum atomic E-state index is 12.7. The zero-order valence-electron chi connectivity index (χ0n) is 14.0. The zero-order chi connectivity index (χ0) is 17.4. The largest absolute Gasteiger partial charge is 0.497 e. The molecule has 1 N–H and O–H groups in total. The average Bonchev–Trinajstić information content (AvgIpc) is 2.54. The van der Waals surface area contributed by atoms with Crippen LogP contribution in [0.5, 0.6) is 5.75 Å². The highest BCUT2D eigenvalue weighted by Crippen LogP contribution is 2.45. The van der Waals surface area contributed by atoms with Gasteiger partial charge in [-0.25, -0.2) is 0 Å². The van der Waals surface area contributed by atoms with Crippen LogP contribution in [-0.2, 0) is 9.59 Å². The van der Waals surface area contributed by atoms with Crippen LogP contribution in [0.2, 0.25) is 0 Å². The second kappa shape index (κ2) is 6.55. The number of ether oxygens (including phenoxy) is 1. The van der Waals surface area contributed by atoms with E-state index in [1.807, 2.05) is 25.1 Å². The standard InChI is InChI=1S/C19H20BrNO3/c1-10-17(11(2)22)18(13-9-12(24-3)7-8-14(13)20)19-15(21-10)5-4-6-16(19)23/h7-9,18,21H,4-6H2,1-3H3/t18-/m0/s1. The van der Waals surface area contributed by atoms with E-state index in [1.54, 1.807) is 14.0 Å². The molecular formula is C19H20BrNO3. The highest BCUT2D eigenvalue weighted by molar-refractivity contribution is 9.10. The summed E-state index contributed by atoms with van der Waals surface area (Å²) in [6, 6.07) is 5.66. The van der Waals surface area contributed by atoms with Crippen LogP contribution in [0.3, 0.4) is 0 Å². The van der Waals surface area contributed by atoms with Gasteiger partial charge in [-0.15, -0.1) is 0 Å². The van der Waals surface area contributed by atoms with E-state index in [0.29, 0.717) is 17.7 Å². The number of nitrogens with one attached hydrogen (secondary N) is 1. The Kier molecular flexibility index (Phi) is 4.63. The molecule has 0 unspecified atom stereocenters. The van der Waals surface area contributed by atoms with E-state index in [1.165, 1.54) is 0 Å². The van der Waals surface area contributed by atoms with E-state index in [4.69, 9.17) is 4.74 Å². The van der Waals surface area contributed by atoms with Crippen molar-refractivity contribution in [2.24, 2.45) is 0 Å². The summed E-state index contributed by atoms with van der Waals surface area (Å²) in [7, 11) is 1.61. The van der Waals surface area contributed by atoms with Crippen LogP contribution in [0.15, 0.2) is 45.2 Å². The Bertz CT molecular complexity index is 792. The molecule has 0 saturated carbocycles. The van der Waals surface area contributed by atoms with Crippen LogP contribution in [0.1, 0.15) is 44.6 Å². The minimum Gasteiger partial charge on any atom is -0.497 e. The van der Waals surface area contributed by atoms with Crippen molar-refractivity contribution in [3.05, 3.63) is 50.8 Å². The first-order valence-electron chi connectivity index (χ1n) is 8.02. The van der Waals surface area contributed by atoms with Gasteiger partial charge in [-0.2, -0.15) is 0 Å². The molecule has 4 nitrogen and oxygen atoms in total. The van der Waals surface area contributed by atoms with Gasteiger partial charge in [0.15, 0.2) is 11.6 Å². The number of benzene rings is 1. The number of dihydropyridines is 1. The number of rotatable bonds is 3. The summed E-state index contributed by atoms with van der Waals surface area (Å²) in [5.41, 5.74) is 4.05. The Balaban J connectivity index is 2.25. The summed E-state index contributed by atoms with van der Waals surface area (Å²) in [5.74, 6) is 0.452. The molecule has 0 aromatic heterocycles. The molecule has 3 rings (SSSR count). The smallest absolute Gasteiger partial charge is 0.161 e. The SMILES string of the molecule is COc1ccc(Br)c([C@H]2C(C(C)=O)=C(C)NC3=C2C(=O)CCC3)c1. The second-order valence-electron chi connectivity index (χ2n) is 6.21. The minimum absolute atomic E-state index is 0.0235. The number of hydrogen-bond donors (Lipinski definition) is 1. The summed E-state index contributed by atoms with van der Waals surface area (Å²) >= 11 is 3.58. The number of halogens is 1. The Morgan fingerprint density at radius 3 is 2.75 bits per heavy atom. The van der Waals surface area contributed by atoms with Crippen LogP contribution >= 0.6 is 15.9 Å². The number of ketones is 2. The second-order valence-corrected chi connectivity index (χ2v) is 7.06. The first-order chi connectivity index (χ1) is 11.4. The van der Waals surface area contributed by atoms with Crippen LogP contribution in [0.4, 0.5) is 0 Å². The van der Waals surface area contributed by atoms with Crippen molar-refractivity contribution in [2.75, 3.05) is 7.11 Å². The van der Waals surface area contributed by atoms with E-state index in [9.17, 15) is 9.59 Å². The lowest BCUT2D eigenvalue weighted by atomic mass is 9.74. The molecule has 0 amide bonds. The lowest BCUT2D eigenvalue weighted by Crippen LogP contribution is -2.33. The topological polar surface area (TPSA) is 55.4 Å². The molecule has 1 aliphatic carbocycles. The zero-order valence-corrected chi connectivity index (χ0v) is 15.6. The Morgan fingerprint density at radius 2 is 2.08 bits per heavy atom. The maximum absolute atomic E-state index is 12.7. The molecule has 0 fully saturated rings.